The van der Waals surface area contributed by atoms with Gasteiger partial charge >= 0.3 is 0 Å². The van der Waals surface area contributed by atoms with Crippen molar-refractivity contribution in [2.75, 3.05) is 19.7 Å². The molecule has 2 N–H and O–H groups in total. The molecule has 1 aliphatic rings. The van der Waals surface area contributed by atoms with Crippen molar-refractivity contribution in [1.29, 1.82) is 0 Å². The van der Waals surface area contributed by atoms with E-state index in [0.717, 1.165) is 19.6 Å². The van der Waals surface area contributed by atoms with Crippen LogP contribution in [0.15, 0.2) is 6.20 Å². The monoisotopic (exact) mass is 266 g/mol. The Morgan fingerprint density at radius 2 is 2.32 bits per heavy atom. The van der Waals surface area contributed by atoms with E-state index >= 15 is 0 Å². The van der Waals surface area contributed by atoms with Crippen molar-refractivity contribution in [3.05, 3.63) is 17.5 Å². The molecule has 1 fully saturated rings. The first-order valence-corrected chi connectivity index (χ1v) is 7.14. The third-order valence-corrected chi connectivity index (χ3v) is 4.24. The van der Waals surface area contributed by atoms with Crippen LogP contribution in [0.3, 0.4) is 0 Å². The van der Waals surface area contributed by atoms with Gasteiger partial charge in [-0.1, -0.05) is 6.92 Å². The normalized spacial score (nSPS) is 26.6. The van der Waals surface area contributed by atoms with Crippen molar-refractivity contribution in [3.63, 3.8) is 0 Å². The number of nitrogens with zero attached hydrogens (tertiary/aromatic N) is 3. The summed E-state index contributed by atoms with van der Waals surface area (Å²) in [6, 6.07) is 0.689. The van der Waals surface area contributed by atoms with Crippen molar-refractivity contribution in [2.45, 2.75) is 45.4 Å². The second-order valence-electron chi connectivity index (χ2n) is 5.46. The smallest absolute Gasteiger partial charge is 0.0675 e. The lowest BCUT2D eigenvalue weighted by atomic mass is 10.0. The highest BCUT2D eigenvalue weighted by molar-refractivity contribution is 5.21. The van der Waals surface area contributed by atoms with Gasteiger partial charge < -0.3 is 10.5 Å². The van der Waals surface area contributed by atoms with Crippen LogP contribution in [0.25, 0.3) is 0 Å². The molecule has 0 radical (unpaired) electrons. The highest BCUT2D eigenvalue weighted by Gasteiger charge is 2.32. The van der Waals surface area contributed by atoms with Crippen molar-refractivity contribution in [3.8, 4) is 0 Å². The maximum atomic E-state index is 6.06. The van der Waals surface area contributed by atoms with Crippen LogP contribution in [0.1, 0.15) is 37.6 Å². The molecule has 2 rings (SSSR count). The van der Waals surface area contributed by atoms with Gasteiger partial charge in [-0.2, -0.15) is 5.10 Å². The fourth-order valence-corrected chi connectivity index (χ4v) is 2.89. The van der Waals surface area contributed by atoms with Crippen LogP contribution in [0.5, 0.6) is 0 Å². The van der Waals surface area contributed by atoms with Crippen LogP contribution in [0.4, 0.5) is 0 Å². The number of nitrogens with two attached hydrogens (primary N) is 1. The first-order chi connectivity index (χ1) is 9.08. The van der Waals surface area contributed by atoms with E-state index < -0.39 is 0 Å². The highest BCUT2D eigenvalue weighted by atomic mass is 16.5. The molecule has 0 aliphatic carbocycles. The molecule has 0 bridgehead atoms. The lowest BCUT2D eigenvalue weighted by Crippen LogP contribution is -2.51. The molecule has 3 unspecified atom stereocenters. The van der Waals surface area contributed by atoms with E-state index in [1.807, 2.05) is 17.9 Å². The summed E-state index contributed by atoms with van der Waals surface area (Å²) in [6.45, 7) is 8.80. The lowest BCUT2D eigenvalue weighted by molar-refractivity contribution is -0.0720. The first kappa shape index (κ1) is 14.5. The zero-order valence-electron chi connectivity index (χ0n) is 12.5. The Kier molecular flexibility index (Phi) is 4.60. The molecule has 2 heterocycles. The second-order valence-corrected chi connectivity index (χ2v) is 5.46. The summed E-state index contributed by atoms with van der Waals surface area (Å²) in [7, 11) is 1.98. The Morgan fingerprint density at radius 3 is 2.84 bits per heavy atom. The Hall–Kier alpha value is -0.910. The third-order valence-electron chi connectivity index (χ3n) is 4.24. The molecule has 3 atom stereocenters. The van der Waals surface area contributed by atoms with Gasteiger partial charge in [-0.05, 0) is 20.3 Å². The number of aryl methyl sites for hydroxylation is 1. The highest BCUT2D eigenvalue weighted by Crippen LogP contribution is 2.28. The van der Waals surface area contributed by atoms with Crippen molar-refractivity contribution < 1.29 is 4.74 Å². The van der Waals surface area contributed by atoms with Crippen LogP contribution in [-0.2, 0) is 11.8 Å². The molecule has 1 aliphatic heterocycles. The number of hydrogen-bond donors (Lipinski definition) is 1. The minimum Gasteiger partial charge on any atom is -0.376 e. The molecule has 0 saturated carbocycles. The molecule has 1 aromatic rings. The second kappa shape index (κ2) is 6.03. The van der Waals surface area contributed by atoms with Crippen LogP contribution in [0, 0.1) is 6.92 Å². The predicted molar refractivity (Wildman–Crippen MR) is 75.9 cm³/mol. The number of morpholine rings is 1. The Bertz CT molecular complexity index is 418. The van der Waals surface area contributed by atoms with Crippen molar-refractivity contribution >= 4 is 0 Å². The molecule has 5 heteroatoms. The van der Waals surface area contributed by atoms with Crippen molar-refractivity contribution in [1.82, 2.24) is 14.7 Å². The molecule has 1 saturated heterocycles. The number of ether oxygens (including phenoxy) is 1. The summed E-state index contributed by atoms with van der Waals surface area (Å²) in [5.41, 5.74) is 8.50. The molecule has 0 amide bonds. The molecular formula is C14H26N4O. The summed E-state index contributed by atoms with van der Waals surface area (Å²) < 4.78 is 7.69. The van der Waals surface area contributed by atoms with Crippen LogP contribution >= 0.6 is 0 Å². The van der Waals surface area contributed by atoms with Gasteiger partial charge in [-0.3, -0.25) is 9.58 Å². The molecule has 5 nitrogen and oxygen atoms in total. The SMILES string of the molecule is CCC1COC(C)CN1C(CN)c1cnn(C)c1C. The summed E-state index contributed by atoms with van der Waals surface area (Å²) in [4.78, 5) is 2.50. The Balaban J connectivity index is 2.26. The van der Waals surface area contributed by atoms with E-state index in [1.54, 1.807) is 0 Å². The van der Waals surface area contributed by atoms with E-state index in [9.17, 15) is 0 Å². The first-order valence-electron chi connectivity index (χ1n) is 7.14. The molecule has 0 spiro atoms. The molecule has 19 heavy (non-hydrogen) atoms. The lowest BCUT2D eigenvalue weighted by Gasteiger charge is -2.42. The molecular weight excluding hydrogens is 240 g/mol. The van der Waals surface area contributed by atoms with E-state index in [2.05, 4.69) is 30.8 Å². The van der Waals surface area contributed by atoms with Gasteiger partial charge in [0.15, 0.2) is 0 Å². The third kappa shape index (κ3) is 2.83. The van der Waals surface area contributed by atoms with E-state index in [-0.39, 0.29) is 12.1 Å². The fraction of sp³-hybridized carbons (Fsp3) is 0.786. The van der Waals surface area contributed by atoms with Crippen molar-refractivity contribution in [2.24, 2.45) is 12.8 Å². The average molecular weight is 266 g/mol. The topological polar surface area (TPSA) is 56.3 Å². The van der Waals surface area contributed by atoms with E-state index in [4.69, 9.17) is 10.5 Å². The fourth-order valence-electron chi connectivity index (χ4n) is 2.89. The van der Waals surface area contributed by atoms with Gasteiger partial charge in [0.05, 0.1) is 24.9 Å². The number of rotatable bonds is 4. The molecule has 108 valence electrons. The van der Waals surface area contributed by atoms with Gasteiger partial charge in [-0.25, -0.2) is 0 Å². The maximum Gasteiger partial charge on any atom is 0.0675 e. The molecule has 1 aromatic heterocycles. The van der Waals surface area contributed by atoms with Crippen LogP contribution < -0.4 is 5.73 Å². The maximum absolute atomic E-state index is 6.06. The Morgan fingerprint density at radius 1 is 1.58 bits per heavy atom. The minimum atomic E-state index is 0.241. The summed E-state index contributed by atoms with van der Waals surface area (Å²) >= 11 is 0. The van der Waals surface area contributed by atoms with Gasteiger partial charge in [0, 0.05) is 37.4 Å². The summed E-state index contributed by atoms with van der Waals surface area (Å²) in [5, 5.41) is 4.35. The quantitative estimate of drug-likeness (QED) is 0.890. The van der Waals surface area contributed by atoms with E-state index in [0.29, 0.717) is 12.6 Å². The standard InChI is InChI=1S/C14H26N4O/c1-5-12-9-19-10(2)8-18(12)14(6-15)13-7-16-17(4)11(13)3/h7,10,12,14H,5-6,8-9,15H2,1-4H3. The van der Waals surface area contributed by atoms with Gasteiger partial charge in [-0.15, -0.1) is 0 Å². The zero-order valence-corrected chi connectivity index (χ0v) is 12.5. The summed E-state index contributed by atoms with van der Waals surface area (Å²) in [5.74, 6) is 0. The largest absolute Gasteiger partial charge is 0.376 e. The number of aromatic nitrogens is 2. The van der Waals surface area contributed by atoms with Crippen LogP contribution in [-0.4, -0.2) is 46.5 Å². The van der Waals surface area contributed by atoms with Gasteiger partial charge in [0.2, 0.25) is 0 Å². The zero-order chi connectivity index (χ0) is 14.0. The predicted octanol–water partition coefficient (Wildman–Crippen LogP) is 1.23. The van der Waals surface area contributed by atoms with Crippen LogP contribution in [0.2, 0.25) is 0 Å². The average Bonchev–Trinajstić information content (AvgIpc) is 2.72. The minimum absolute atomic E-state index is 0.241. The van der Waals surface area contributed by atoms with Gasteiger partial charge in [0.25, 0.3) is 0 Å². The Labute approximate surface area is 115 Å². The number of hydrogen-bond acceptors (Lipinski definition) is 4. The summed E-state index contributed by atoms with van der Waals surface area (Å²) in [6.07, 6.45) is 3.32. The molecule has 0 aromatic carbocycles. The van der Waals surface area contributed by atoms with Gasteiger partial charge in [0.1, 0.15) is 0 Å². The van der Waals surface area contributed by atoms with E-state index in [1.165, 1.54) is 11.3 Å².